The number of azide groups is 1. The molecule has 51 heavy (non-hydrogen) atoms. The van der Waals surface area contributed by atoms with Crippen molar-refractivity contribution in [2.75, 3.05) is 6.61 Å². The molecule has 0 bridgehead atoms. The highest BCUT2D eigenvalue weighted by molar-refractivity contribution is 5.14. The molecule has 290 valence electrons. The topological polar surface area (TPSA) is 115 Å². The van der Waals surface area contributed by atoms with Crippen molar-refractivity contribution in [2.45, 2.75) is 211 Å². The van der Waals surface area contributed by atoms with Crippen molar-refractivity contribution in [3.63, 3.8) is 0 Å². The van der Waals surface area contributed by atoms with Gasteiger partial charge in [0.25, 0.3) is 0 Å². The lowest BCUT2D eigenvalue weighted by atomic mass is 9.74. The summed E-state index contributed by atoms with van der Waals surface area (Å²) >= 11 is 0. The Bertz CT molecular complexity index is 1130. The number of aliphatic hydroxyl groups excluding tert-OH is 1. The van der Waals surface area contributed by atoms with Crippen LogP contribution in [0.5, 0.6) is 0 Å². The quantitative estimate of drug-likeness (QED) is 0.0493. The van der Waals surface area contributed by atoms with E-state index in [0.29, 0.717) is 13.0 Å². The van der Waals surface area contributed by atoms with E-state index < -0.39 is 24.0 Å². The number of hydrogen-bond donors (Lipinski definition) is 1. The van der Waals surface area contributed by atoms with Crippen LogP contribution in [-0.2, 0) is 30.3 Å². The fourth-order valence-electron chi connectivity index (χ4n) is 8.51. The van der Waals surface area contributed by atoms with E-state index in [1.807, 2.05) is 32.0 Å². The lowest BCUT2D eigenvalue weighted by molar-refractivity contribution is -0.212. The van der Waals surface area contributed by atoms with Gasteiger partial charge in [-0.3, -0.25) is 0 Å². The molecule has 3 fully saturated rings. The molecule has 1 aromatic carbocycles. The average molecular weight is 714 g/mol. The van der Waals surface area contributed by atoms with Gasteiger partial charge in [0.15, 0.2) is 5.79 Å². The molecule has 0 aromatic heterocycles. The Balaban J connectivity index is 1.36. The molecule has 1 saturated heterocycles. The molecule has 1 spiro atoms. The first kappa shape index (κ1) is 42.0. The number of benzene rings is 1. The summed E-state index contributed by atoms with van der Waals surface area (Å²) in [6.07, 6.45) is 18.4. The van der Waals surface area contributed by atoms with Crippen molar-refractivity contribution >= 4 is 0 Å². The molecule has 1 aromatic rings. The first-order valence-electron chi connectivity index (χ1n) is 20.8. The molecule has 9 nitrogen and oxygen atoms in total. The summed E-state index contributed by atoms with van der Waals surface area (Å²) in [5.74, 6) is -0.279. The Hall–Kier alpha value is -1.71. The van der Waals surface area contributed by atoms with Crippen LogP contribution in [-0.4, -0.2) is 66.3 Å². The number of aliphatic hydroxyl groups is 1. The molecule has 0 amide bonds. The van der Waals surface area contributed by atoms with Crippen molar-refractivity contribution in [1.29, 1.82) is 0 Å². The maximum absolute atomic E-state index is 11.4. The van der Waals surface area contributed by atoms with Gasteiger partial charge in [-0.2, -0.15) is 0 Å². The summed E-state index contributed by atoms with van der Waals surface area (Å²) in [5.41, 5.74) is 10.7. The molecule has 4 rings (SSSR count). The fraction of sp³-hybridized carbons (Fsp3) is 0.857. The maximum atomic E-state index is 11.4. The van der Waals surface area contributed by atoms with E-state index in [4.69, 9.17) is 23.7 Å². The van der Waals surface area contributed by atoms with Gasteiger partial charge in [-0.15, -0.1) is 0 Å². The van der Waals surface area contributed by atoms with E-state index in [1.165, 1.54) is 70.6 Å². The lowest BCUT2D eigenvalue weighted by Gasteiger charge is -2.45. The summed E-state index contributed by atoms with van der Waals surface area (Å²) in [7, 11) is 0. The zero-order valence-corrected chi connectivity index (χ0v) is 32.6. The molecular formula is C42H71N3O6. The molecule has 9 atom stereocenters. The molecule has 9 heteroatoms. The minimum Gasteiger partial charge on any atom is -0.390 e. The van der Waals surface area contributed by atoms with Crippen LogP contribution in [0.25, 0.3) is 10.4 Å². The number of rotatable bonds is 24. The smallest absolute Gasteiger partial charge is 0.169 e. The fourth-order valence-corrected chi connectivity index (χ4v) is 8.51. The predicted molar refractivity (Wildman–Crippen MR) is 203 cm³/mol. The second kappa shape index (κ2) is 22.5. The Morgan fingerprint density at radius 1 is 0.824 bits per heavy atom. The number of fused-ring (bicyclic) bond motifs is 1. The Labute approximate surface area is 309 Å². The third-order valence-corrected chi connectivity index (χ3v) is 11.6. The van der Waals surface area contributed by atoms with Crippen LogP contribution in [0.4, 0.5) is 0 Å². The van der Waals surface area contributed by atoms with Crippen molar-refractivity contribution < 1.29 is 28.8 Å². The molecule has 1 aliphatic heterocycles. The van der Waals surface area contributed by atoms with Crippen LogP contribution in [0.2, 0.25) is 0 Å². The molecule has 3 unspecified atom stereocenters. The van der Waals surface area contributed by atoms with E-state index >= 15 is 0 Å². The standard InChI is InChI=1S/C42H71N3O6/c1-6-7-8-9-10-11-12-13-14-15-16-21-26-36(46)39(49-31(2)3)35(44-45-43)30-48-37-32(4)33(5)38-41(51-42(50-38)27-22-18-23-28-42)40(37)47-29-34-24-19-17-20-25-34/h17,19-20,24-25,31-33,35-41,46H,6-16,18,21-23,26-30H2,1-5H3/t32?,33-,35+,36-,37+,38-,39+,40?,41?/m1/s1. The van der Waals surface area contributed by atoms with Gasteiger partial charge in [-0.05, 0) is 56.0 Å². The lowest BCUT2D eigenvalue weighted by Crippen LogP contribution is -2.58. The molecule has 1 N–H and O–H groups in total. The SMILES string of the molecule is CCCCCCCCCCCCCC[C@@H](O)[C@@H](OC(C)C)[C@H](CO[C@@H]1C(OCc2ccccc2)C2OC3(CCCCC3)O[C@@H]2[C@H](C)C1C)N=[N+]=[N-]. The molecule has 1 heterocycles. The van der Waals surface area contributed by atoms with Gasteiger partial charge in [0.2, 0.25) is 0 Å². The van der Waals surface area contributed by atoms with Crippen molar-refractivity contribution in [1.82, 2.24) is 0 Å². The van der Waals surface area contributed by atoms with E-state index in [1.54, 1.807) is 0 Å². The van der Waals surface area contributed by atoms with Gasteiger partial charge in [0.05, 0.1) is 49.8 Å². The average Bonchev–Trinajstić information content (AvgIpc) is 3.49. The Morgan fingerprint density at radius 3 is 2.04 bits per heavy atom. The Kier molecular flexibility index (Phi) is 18.5. The number of unbranched alkanes of at least 4 members (excludes halogenated alkanes) is 11. The monoisotopic (exact) mass is 714 g/mol. The molecule has 2 aliphatic carbocycles. The van der Waals surface area contributed by atoms with Crippen LogP contribution in [0.3, 0.4) is 0 Å². The summed E-state index contributed by atoms with van der Waals surface area (Å²) in [5, 5.41) is 15.6. The van der Waals surface area contributed by atoms with Gasteiger partial charge >= 0.3 is 0 Å². The van der Waals surface area contributed by atoms with Crippen LogP contribution in [0.15, 0.2) is 35.4 Å². The zero-order valence-electron chi connectivity index (χ0n) is 32.6. The van der Waals surface area contributed by atoms with Gasteiger partial charge in [-0.25, -0.2) is 0 Å². The van der Waals surface area contributed by atoms with E-state index in [-0.39, 0.29) is 49.0 Å². The number of hydrogen-bond acceptors (Lipinski definition) is 7. The van der Waals surface area contributed by atoms with Crippen LogP contribution in [0, 0.1) is 11.8 Å². The third kappa shape index (κ3) is 13.0. The predicted octanol–water partition coefficient (Wildman–Crippen LogP) is 10.6. The zero-order chi connectivity index (χ0) is 36.5. The maximum Gasteiger partial charge on any atom is 0.169 e. The molecule has 2 saturated carbocycles. The second-order valence-corrected chi connectivity index (χ2v) is 16.1. The Morgan fingerprint density at radius 2 is 1.43 bits per heavy atom. The van der Waals surface area contributed by atoms with Gasteiger partial charge in [0, 0.05) is 17.8 Å². The molecule has 0 radical (unpaired) electrons. The minimum atomic E-state index is -0.760. The van der Waals surface area contributed by atoms with E-state index in [0.717, 1.165) is 44.1 Å². The minimum absolute atomic E-state index is 0.0824. The first-order valence-corrected chi connectivity index (χ1v) is 20.8. The van der Waals surface area contributed by atoms with E-state index in [9.17, 15) is 10.6 Å². The van der Waals surface area contributed by atoms with Gasteiger partial charge < -0.3 is 28.8 Å². The largest absolute Gasteiger partial charge is 0.390 e. The van der Waals surface area contributed by atoms with Crippen molar-refractivity contribution in [2.24, 2.45) is 17.0 Å². The normalized spacial score (nSPS) is 27.6. The van der Waals surface area contributed by atoms with Crippen LogP contribution < -0.4 is 0 Å². The first-order chi connectivity index (χ1) is 24.8. The molecule has 3 aliphatic rings. The van der Waals surface area contributed by atoms with Crippen molar-refractivity contribution in [3.8, 4) is 0 Å². The highest BCUT2D eigenvalue weighted by atomic mass is 16.8. The highest BCUT2D eigenvalue weighted by Crippen LogP contribution is 2.49. The second-order valence-electron chi connectivity index (χ2n) is 16.1. The van der Waals surface area contributed by atoms with Crippen LogP contribution in [0.1, 0.15) is 156 Å². The third-order valence-electron chi connectivity index (χ3n) is 11.6. The highest BCUT2D eigenvalue weighted by Gasteiger charge is 2.59. The van der Waals surface area contributed by atoms with Gasteiger partial charge in [0.1, 0.15) is 12.2 Å². The summed E-state index contributed by atoms with van der Waals surface area (Å²) in [6, 6.07) is 9.50. The number of ether oxygens (including phenoxy) is 5. The molecular weight excluding hydrogens is 642 g/mol. The van der Waals surface area contributed by atoms with Crippen molar-refractivity contribution in [3.05, 3.63) is 46.3 Å². The van der Waals surface area contributed by atoms with E-state index in [2.05, 4.69) is 42.9 Å². The van der Waals surface area contributed by atoms with Gasteiger partial charge in [-0.1, -0.05) is 140 Å². The van der Waals surface area contributed by atoms with Crippen LogP contribution >= 0.6 is 0 Å². The summed E-state index contributed by atoms with van der Waals surface area (Å²) in [6.45, 7) is 11.2. The summed E-state index contributed by atoms with van der Waals surface area (Å²) in [4.78, 5) is 3.19. The number of nitrogens with zero attached hydrogens (tertiary/aromatic N) is 3. The summed E-state index contributed by atoms with van der Waals surface area (Å²) < 4.78 is 33.5.